The molecular weight excluding hydrogens is 322 g/mol. The summed E-state index contributed by atoms with van der Waals surface area (Å²) in [7, 11) is 0. The second-order valence-electron chi connectivity index (χ2n) is 6.74. The number of carbonyl (C=O) groups is 1. The zero-order valence-electron chi connectivity index (χ0n) is 16.4. The average Bonchev–Trinajstić information content (AvgIpc) is 2.70. The number of ether oxygens (including phenoxy) is 1. The molecule has 0 fully saturated rings. The number of amides is 1. The van der Waals surface area contributed by atoms with Crippen LogP contribution in [-0.4, -0.2) is 12.0 Å². The first-order valence-corrected chi connectivity index (χ1v) is 9.71. The first-order valence-electron chi connectivity index (χ1n) is 9.71. The predicted molar refractivity (Wildman–Crippen MR) is 107 cm³/mol. The lowest BCUT2D eigenvalue weighted by Gasteiger charge is -2.24. The maximum absolute atomic E-state index is 12.8. The Balaban J connectivity index is 2.12. The van der Waals surface area contributed by atoms with Crippen molar-refractivity contribution < 1.29 is 9.53 Å². The van der Waals surface area contributed by atoms with Gasteiger partial charge in [-0.1, -0.05) is 76.2 Å². The molecule has 2 aromatic carbocycles. The fraction of sp³-hybridized carbons (Fsp3) is 0.435. The van der Waals surface area contributed by atoms with Gasteiger partial charge in [-0.25, -0.2) is 0 Å². The maximum Gasteiger partial charge on any atom is 0.261 e. The quantitative estimate of drug-likeness (QED) is 0.635. The van der Waals surface area contributed by atoms with E-state index in [0.717, 1.165) is 29.7 Å². The predicted octanol–water partition coefficient (Wildman–Crippen LogP) is 5.63. The highest BCUT2D eigenvalue weighted by molar-refractivity contribution is 5.81. The molecule has 3 nitrogen and oxygen atoms in total. The van der Waals surface area contributed by atoms with Crippen molar-refractivity contribution in [2.75, 3.05) is 0 Å². The molecule has 1 amide bonds. The molecule has 0 radical (unpaired) electrons. The van der Waals surface area contributed by atoms with Crippen molar-refractivity contribution in [3.05, 3.63) is 65.7 Å². The number of hydrogen-bond donors (Lipinski definition) is 1. The SMILES string of the molecule is CCC(Oc1ccccc1C(C)CC)C(=O)NC(CC)c1ccccc1. The standard InChI is InChI=1S/C23H31NO2/c1-5-17(4)19-15-11-12-16-22(19)26-21(7-3)23(25)24-20(6-2)18-13-9-8-10-14-18/h8-17,20-21H,5-7H2,1-4H3,(H,24,25). The van der Waals surface area contributed by atoms with Gasteiger partial charge in [-0.05, 0) is 42.4 Å². The first kappa shape index (κ1) is 20.0. The summed E-state index contributed by atoms with van der Waals surface area (Å²) in [5.41, 5.74) is 2.29. The molecule has 3 heteroatoms. The number of nitrogens with one attached hydrogen (secondary N) is 1. The minimum Gasteiger partial charge on any atom is -0.480 e. The van der Waals surface area contributed by atoms with Crippen LogP contribution in [0.4, 0.5) is 0 Å². The Labute approximate surface area is 157 Å². The molecule has 0 aromatic heterocycles. The van der Waals surface area contributed by atoms with Crippen LogP contribution >= 0.6 is 0 Å². The van der Waals surface area contributed by atoms with Crippen molar-refractivity contribution in [3.63, 3.8) is 0 Å². The summed E-state index contributed by atoms with van der Waals surface area (Å²) in [5, 5.41) is 3.15. The highest BCUT2D eigenvalue weighted by Crippen LogP contribution is 2.29. The Morgan fingerprint density at radius 1 is 0.923 bits per heavy atom. The summed E-state index contributed by atoms with van der Waals surface area (Å²) in [6.07, 6.45) is 2.02. The summed E-state index contributed by atoms with van der Waals surface area (Å²) in [6, 6.07) is 18.1. The van der Waals surface area contributed by atoms with E-state index in [-0.39, 0.29) is 11.9 Å². The fourth-order valence-corrected chi connectivity index (χ4v) is 3.06. The summed E-state index contributed by atoms with van der Waals surface area (Å²) in [5.74, 6) is 1.17. The van der Waals surface area contributed by atoms with Crippen LogP contribution < -0.4 is 10.1 Å². The number of para-hydroxylation sites is 1. The van der Waals surface area contributed by atoms with E-state index in [1.165, 1.54) is 0 Å². The molecule has 3 unspecified atom stereocenters. The number of rotatable bonds is 9. The minimum absolute atomic E-state index is 0.00570. The van der Waals surface area contributed by atoms with Gasteiger partial charge >= 0.3 is 0 Å². The number of carbonyl (C=O) groups excluding carboxylic acids is 1. The molecule has 3 atom stereocenters. The maximum atomic E-state index is 12.8. The first-order chi connectivity index (χ1) is 12.6. The third-order valence-electron chi connectivity index (χ3n) is 4.92. The molecule has 0 aliphatic heterocycles. The summed E-state index contributed by atoms with van der Waals surface area (Å²) in [6.45, 7) is 8.42. The van der Waals surface area contributed by atoms with E-state index < -0.39 is 6.10 Å². The highest BCUT2D eigenvalue weighted by Gasteiger charge is 2.23. The topological polar surface area (TPSA) is 38.3 Å². The van der Waals surface area contributed by atoms with Gasteiger partial charge in [0.1, 0.15) is 5.75 Å². The lowest BCUT2D eigenvalue weighted by atomic mass is 9.97. The molecule has 0 heterocycles. The Bertz CT molecular complexity index is 684. The molecular formula is C23H31NO2. The van der Waals surface area contributed by atoms with Gasteiger partial charge in [0, 0.05) is 0 Å². The van der Waals surface area contributed by atoms with Gasteiger partial charge in [0.15, 0.2) is 6.10 Å². The monoisotopic (exact) mass is 353 g/mol. The number of hydrogen-bond acceptors (Lipinski definition) is 2. The van der Waals surface area contributed by atoms with Gasteiger partial charge in [0.05, 0.1) is 6.04 Å². The van der Waals surface area contributed by atoms with Crippen LogP contribution in [0.15, 0.2) is 54.6 Å². The van der Waals surface area contributed by atoms with Crippen LogP contribution in [0.2, 0.25) is 0 Å². The zero-order valence-corrected chi connectivity index (χ0v) is 16.4. The molecule has 0 spiro atoms. The Hall–Kier alpha value is -2.29. The van der Waals surface area contributed by atoms with Crippen molar-refractivity contribution in [1.29, 1.82) is 0 Å². The van der Waals surface area contributed by atoms with Gasteiger partial charge in [-0.3, -0.25) is 4.79 Å². The second-order valence-corrected chi connectivity index (χ2v) is 6.74. The lowest BCUT2D eigenvalue weighted by Crippen LogP contribution is -2.40. The summed E-state index contributed by atoms with van der Waals surface area (Å²) in [4.78, 5) is 12.8. The van der Waals surface area contributed by atoms with Crippen LogP contribution in [0.25, 0.3) is 0 Å². The largest absolute Gasteiger partial charge is 0.480 e. The van der Waals surface area contributed by atoms with E-state index in [0.29, 0.717) is 12.3 Å². The average molecular weight is 354 g/mol. The van der Waals surface area contributed by atoms with Gasteiger partial charge in [-0.15, -0.1) is 0 Å². The van der Waals surface area contributed by atoms with Crippen LogP contribution in [0, 0.1) is 0 Å². The fourth-order valence-electron chi connectivity index (χ4n) is 3.06. The third-order valence-corrected chi connectivity index (χ3v) is 4.92. The third kappa shape index (κ3) is 5.10. The van der Waals surface area contributed by atoms with Crippen LogP contribution in [-0.2, 0) is 4.79 Å². The van der Waals surface area contributed by atoms with Crippen molar-refractivity contribution in [1.82, 2.24) is 5.32 Å². The van der Waals surface area contributed by atoms with E-state index in [1.807, 2.05) is 43.3 Å². The molecule has 0 saturated carbocycles. The molecule has 26 heavy (non-hydrogen) atoms. The van der Waals surface area contributed by atoms with E-state index >= 15 is 0 Å². The zero-order chi connectivity index (χ0) is 18.9. The molecule has 2 aromatic rings. The molecule has 1 N–H and O–H groups in total. The van der Waals surface area contributed by atoms with E-state index in [2.05, 4.69) is 44.3 Å². The Morgan fingerprint density at radius 3 is 2.19 bits per heavy atom. The summed E-state index contributed by atoms with van der Waals surface area (Å²) >= 11 is 0. The van der Waals surface area contributed by atoms with Gasteiger partial charge < -0.3 is 10.1 Å². The van der Waals surface area contributed by atoms with Crippen molar-refractivity contribution in [2.24, 2.45) is 0 Å². The van der Waals surface area contributed by atoms with E-state index in [4.69, 9.17) is 4.74 Å². The summed E-state index contributed by atoms with van der Waals surface area (Å²) < 4.78 is 6.15. The minimum atomic E-state index is -0.488. The smallest absolute Gasteiger partial charge is 0.261 e. The normalized spacial score (nSPS) is 14.3. The van der Waals surface area contributed by atoms with E-state index in [1.54, 1.807) is 0 Å². The molecule has 2 rings (SSSR count). The molecule has 140 valence electrons. The number of benzene rings is 2. The molecule has 0 saturated heterocycles. The van der Waals surface area contributed by atoms with Crippen LogP contribution in [0.5, 0.6) is 5.75 Å². The lowest BCUT2D eigenvalue weighted by molar-refractivity contribution is -0.129. The van der Waals surface area contributed by atoms with Gasteiger partial charge in [0.2, 0.25) is 0 Å². The van der Waals surface area contributed by atoms with Crippen molar-refractivity contribution >= 4 is 5.91 Å². The van der Waals surface area contributed by atoms with Crippen molar-refractivity contribution in [2.45, 2.75) is 65.0 Å². The Kier molecular flexibility index (Phi) is 7.71. The van der Waals surface area contributed by atoms with E-state index in [9.17, 15) is 4.79 Å². The van der Waals surface area contributed by atoms with Gasteiger partial charge in [0.25, 0.3) is 5.91 Å². The highest BCUT2D eigenvalue weighted by atomic mass is 16.5. The molecule has 0 bridgehead atoms. The molecule has 0 aliphatic carbocycles. The Morgan fingerprint density at radius 2 is 1.58 bits per heavy atom. The second kappa shape index (κ2) is 10.0. The van der Waals surface area contributed by atoms with Crippen molar-refractivity contribution in [3.8, 4) is 5.75 Å². The van der Waals surface area contributed by atoms with Crippen LogP contribution in [0.1, 0.15) is 70.0 Å². The van der Waals surface area contributed by atoms with Gasteiger partial charge in [-0.2, -0.15) is 0 Å². The molecule has 0 aliphatic rings. The van der Waals surface area contributed by atoms with Crippen LogP contribution in [0.3, 0.4) is 0 Å².